The fourth-order valence-corrected chi connectivity index (χ4v) is 6.87. The first-order chi connectivity index (χ1) is 14.0. The summed E-state index contributed by atoms with van der Waals surface area (Å²) in [6.45, 7) is 3.52. The van der Waals surface area contributed by atoms with E-state index in [9.17, 15) is 14.8 Å². The Labute approximate surface area is 176 Å². The molecule has 5 N–H and O–H groups in total. The van der Waals surface area contributed by atoms with Gasteiger partial charge in [0.05, 0.1) is 0 Å². The molecule has 0 bridgehead atoms. The van der Waals surface area contributed by atoms with Crippen molar-refractivity contribution in [1.82, 2.24) is 10.2 Å². The number of hydrogen-bond donors (Lipinski definition) is 4. The van der Waals surface area contributed by atoms with Gasteiger partial charge in [0.2, 0.25) is 5.91 Å². The second-order valence-electron chi connectivity index (χ2n) is 10.4. The molecule has 164 valence electrons. The van der Waals surface area contributed by atoms with Crippen LogP contribution in [0.25, 0.3) is 0 Å². The van der Waals surface area contributed by atoms with E-state index in [-0.39, 0.29) is 11.9 Å². The highest BCUT2D eigenvalue weighted by molar-refractivity contribution is 6.43. The van der Waals surface area contributed by atoms with Gasteiger partial charge >= 0.3 is 7.12 Å². The molecule has 4 fully saturated rings. The highest BCUT2D eigenvalue weighted by Gasteiger charge is 2.42. The Morgan fingerprint density at radius 3 is 2.41 bits per heavy atom. The van der Waals surface area contributed by atoms with Crippen LogP contribution in [0.4, 0.5) is 0 Å². The number of fused-ring (bicyclic) bond motifs is 1. The van der Waals surface area contributed by atoms with E-state index in [4.69, 9.17) is 5.73 Å². The Bertz CT molecular complexity index is 555. The van der Waals surface area contributed by atoms with Crippen molar-refractivity contribution in [3.63, 3.8) is 0 Å². The van der Waals surface area contributed by atoms with Crippen LogP contribution in [0, 0.1) is 35.5 Å². The number of hydrogen-bond acceptors (Lipinski definition) is 5. The number of likely N-dealkylation sites (tertiary alicyclic amines) is 1. The molecule has 4 rings (SSSR count). The van der Waals surface area contributed by atoms with E-state index in [1.807, 2.05) is 0 Å². The number of carbonyl (C=O) groups is 1. The minimum Gasteiger partial charge on any atom is -0.426 e. The number of nitrogens with two attached hydrogens (primary N) is 1. The average Bonchev–Trinajstić information content (AvgIpc) is 2.78. The third kappa shape index (κ3) is 5.00. The molecule has 2 saturated carbocycles. The summed E-state index contributed by atoms with van der Waals surface area (Å²) in [6, 6.07) is 0. The van der Waals surface area contributed by atoms with Crippen molar-refractivity contribution in [3.8, 4) is 0 Å². The topological polar surface area (TPSA) is 98.8 Å². The lowest BCUT2D eigenvalue weighted by molar-refractivity contribution is -0.139. The van der Waals surface area contributed by atoms with Gasteiger partial charge in [-0.05, 0) is 94.0 Å². The molecule has 29 heavy (non-hydrogen) atoms. The molecule has 2 heterocycles. The van der Waals surface area contributed by atoms with Gasteiger partial charge in [0.15, 0.2) is 0 Å². The maximum Gasteiger partial charge on any atom is 0.469 e. The fraction of sp³-hybridized carbons (Fsp3) is 0.955. The summed E-state index contributed by atoms with van der Waals surface area (Å²) in [5.41, 5.74) is 5.93. The van der Waals surface area contributed by atoms with Crippen molar-refractivity contribution < 1.29 is 14.8 Å². The van der Waals surface area contributed by atoms with Crippen molar-refractivity contribution in [2.24, 2.45) is 41.2 Å². The molecule has 0 aromatic carbocycles. The van der Waals surface area contributed by atoms with Gasteiger partial charge < -0.3 is 26.0 Å². The van der Waals surface area contributed by atoms with Crippen LogP contribution in [0.15, 0.2) is 0 Å². The van der Waals surface area contributed by atoms with Crippen LogP contribution in [0.1, 0.15) is 64.2 Å². The molecule has 0 spiro atoms. The van der Waals surface area contributed by atoms with Crippen LogP contribution >= 0.6 is 0 Å². The zero-order valence-corrected chi connectivity index (χ0v) is 17.8. The third-order valence-corrected chi connectivity index (χ3v) is 8.72. The third-order valence-electron chi connectivity index (χ3n) is 8.72. The zero-order valence-electron chi connectivity index (χ0n) is 17.8. The molecule has 2 aliphatic carbocycles. The number of amides is 1. The molecule has 0 aromatic rings. The average molecular weight is 405 g/mol. The fourth-order valence-electron chi connectivity index (χ4n) is 6.87. The highest BCUT2D eigenvalue weighted by Crippen LogP contribution is 2.41. The molecule has 0 aromatic heterocycles. The maximum absolute atomic E-state index is 13.2. The van der Waals surface area contributed by atoms with Gasteiger partial charge in [-0.25, -0.2) is 0 Å². The molecule has 6 nitrogen and oxygen atoms in total. The van der Waals surface area contributed by atoms with Crippen molar-refractivity contribution in [2.45, 2.75) is 70.1 Å². The predicted molar refractivity (Wildman–Crippen MR) is 115 cm³/mol. The van der Waals surface area contributed by atoms with Crippen molar-refractivity contribution in [3.05, 3.63) is 0 Å². The molecule has 0 radical (unpaired) electrons. The van der Waals surface area contributed by atoms with Crippen LogP contribution in [0.5, 0.6) is 0 Å². The molecule has 6 atom stereocenters. The summed E-state index contributed by atoms with van der Waals surface area (Å²) >= 11 is 0. The lowest BCUT2D eigenvalue weighted by Gasteiger charge is -2.44. The van der Waals surface area contributed by atoms with E-state index in [2.05, 4.69) is 10.2 Å². The summed E-state index contributed by atoms with van der Waals surface area (Å²) in [5, 5.41) is 22.2. The van der Waals surface area contributed by atoms with Crippen LogP contribution in [-0.4, -0.2) is 60.1 Å². The van der Waals surface area contributed by atoms with Crippen molar-refractivity contribution >= 4 is 13.0 Å². The monoisotopic (exact) mass is 405 g/mol. The van der Waals surface area contributed by atoms with E-state index in [0.29, 0.717) is 17.7 Å². The van der Waals surface area contributed by atoms with Crippen LogP contribution < -0.4 is 11.1 Å². The van der Waals surface area contributed by atoms with Gasteiger partial charge in [-0.3, -0.25) is 4.79 Å². The Hall–Kier alpha value is -0.625. The molecule has 4 aliphatic rings. The van der Waals surface area contributed by atoms with Gasteiger partial charge in [-0.15, -0.1) is 0 Å². The first-order valence-electron chi connectivity index (χ1n) is 12.1. The minimum atomic E-state index is -1.28. The summed E-state index contributed by atoms with van der Waals surface area (Å²) in [6.07, 6.45) is 11.4. The largest absolute Gasteiger partial charge is 0.469 e. The van der Waals surface area contributed by atoms with E-state index in [1.165, 1.54) is 38.5 Å². The zero-order chi connectivity index (χ0) is 20.4. The molecule has 2 saturated heterocycles. The van der Waals surface area contributed by atoms with E-state index >= 15 is 0 Å². The predicted octanol–water partition coefficient (Wildman–Crippen LogP) is 1.40. The van der Waals surface area contributed by atoms with Gasteiger partial charge in [0.25, 0.3) is 0 Å². The maximum atomic E-state index is 13.2. The molecular formula is C22H40BN3O3. The lowest BCUT2D eigenvalue weighted by Crippen LogP contribution is -2.54. The summed E-state index contributed by atoms with van der Waals surface area (Å²) in [7, 11) is -1.28. The minimum absolute atomic E-state index is 0.168. The summed E-state index contributed by atoms with van der Waals surface area (Å²) in [5.74, 6) is 3.71. The number of rotatable bonds is 4. The Morgan fingerprint density at radius 1 is 0.931 bits per heavy atom. The summed E-state index contributed by atoms with van der Waals surface area (Å²) < 4.78 is 0. The number of nitrogens with zero attached hydrogens (tertiary/aromatic N) is 1. The Morgan fingerprint density at radius 2 is 1.69 bits per heavy atom. The highest BCUT2D eigenvalue weighted by atomic mass is 16.4. The van der Waals surface area contributed by atoms with Crippen molar-refractivity contribution in [1.29, 1.82) is 0 Å². The molecule has 2 aliphatic heterocycles. The standard InChI is InChI=1S/C22H40BN3O3/c24-13-15-2-1-3-17(10-15)16-6-8-26(9-7-16)22(27)19-5-4-18-12-21(23(28)29)25-14-20(18)11-19/h15-21,25,28-29H,1-14,24H2. The van der Waals surface area contributed by atoms with Gasteiger partial charge in [0, 0.05) is 24.9 Å². The first-order valence-corrected chi connectivity index (χ1v) is 12.1. The van der Waals surface area contributed by atoms with Gasteiger partial charge in [-0.2, -0.15) is 0 Å². The number of carbonyl (C=O) groups excluding carboxylic acids is 1. The lowest BCUT2D eigenvalue weighted by atomic mass is 9.63. The summed E-state index contributed by atoms with van der Waals surface area (Å²) in [4.78, 5) is 15.3. The normalized spacial score (nSPS) is 39.1. The molecule has 7 heteroatoms. The SMILES string of the molecule is NCC1CCCC(C2CCN(C(=O)C3CCC4CC(B(O)O)NCC4C3)CC2)C1. The van der Waals surface area contributed by atoms with E-state index < -0.39 is 7.12 Å². The molecule has 1 amide bonds. The second-order valence-corrected chi connectivity index (χ2v) is 10.4. The first kappa shape index (κ1) is 21.6. The van der Waals surface area contributed by atoms with E-state index in [0.717, 1.165) is 69.6 Å². The Kier molecular flexibility index (Phi) is 7.20. The smallest absolute Gasteiger partial charge is 0.426 e. The number of nitrogens with one attached hydrogen (secondary N) is 1. The van der Waals surface area contributed by atoms with E-state index in [1.54, 1.807) is 0 Å². The quantitative estimate of drug-likeness (QED) is 0.530. The van der Waals surface area contributed by atoms with Crippen LogP contribution in [0.3, 0.4) is 0 Å². The molecule has 6 unspecified atom stereocenters. The van der Waals surface area contributed by atoms with Crippen LogP contribution in [0.2, 0.25) is 0 Å². The number of piperidine rings is 2. The van der Waals surface area contributed by atoms with Gasteiger partial charge in [-0.1, -0.05) is 12.8 Å². The Balaban J connectivity index is 1.24. The molecular weight excluding hydrogens is 365 g/mol. The van der Waals surface area contributed by atoms with Gasteiger partial charge in [0.1, 0.15) is 0 Å². The second kappa shape index (κ2) is 9.67. The van der Waals surface area contributed by atoms with Crippen molar-refractivity contribution in [2.75, 3.05) is 26.2 Å². The van der Waals surface area contributed by atoms with Crippen LogP contribution in [-0.2, 0) is 4.79 Å².